The maximum Gasteiger partial charge on any atom is 0.109 e. The summed E-state index contributed by atoms with van der Waals surface area (Å²) in [4.78, 5) is 8.84. The van der Waals surface area contributed by atoms with Gasteiger partial charge in [-0.05, 0) is 37.1 Å². The Balaban J connectivity index is 1.65. The molecule has 3 N–H and O–H groups in total. The van der Waals surface area contributed by atoms with E-state index in [0.717, 1.165) is 12.0 Å². The van der Waals surface area contributed by atoms with Gasteiger partial charge in [-0.15, -0.1) is 5.10 Å². The number of anilines is 2. The van der Waals surface area contributed by atoms with Gasteiger partial charge in [-0.25, -0.2) is 0 Å². The summed E-state index contributed by atoms with van der Waals surface area (Å²) in [7, 11) is 0. The third kappa shape index (κ3) is 4.95. The number of rotatable bonds is 8. The van der Waals surface area contributed by atoms with E-state index < -0.39 is 6.02 Å². The number of nitrogens with one attached hydrogen (secondary N) is 3. The fourth-order valence-electron chi connectivity index (χ4n) is 4.34. The fourth-order valence-corrected chi connectivity index (χ4v) is 4.61. The molecule has 0 saturated heterocycles. The molecule has 0 spiro atoms. The molecule has 3 heterocycles. The number of halogens is 1. The monoisotopic (exact) mass is 509 g/mol. The van der Waals surface area contributed by atoms with Crippen LogP contribution in [0.5, 0.6) is 0 Å². The summed E-state index contributed by atoms with van der Waals surface area (Å²) in [5.74, 6) is 0. The number of nitrogens with zero attached hydrogens (tertiary/aromatic N) is 5. The van der Waals surface area contributed by atoms with Crippen molar-refractivity contribution in [1.82, 2.24) is 25.4 Å². The van der Waals surface area contributed by atoms with E-state index in [1.165, 1.54) is 6.20 Å². The number of hydrogen-bond acceptors (Lipinski definition) is 7. The number of fused-ring (bicyclic) bond motifs is 1. The number of H-pyrrole nitrogens is 1. The molecule has 0 fully saturated rings. The molecule has 0 aliphatic carbocycles. The topological polar surface area (TPSA) is 115 Å². The number of aryl methyl sites for hydroxylation is 1. The lowest BCUT2D eigenvalue weighted by Gasteiger charge is -2.23. The van der Waals surface area contributed by atoms with Crippen LogP contribution in [0, 0.1) is 18.3 Å². The van der Waals surface area contributed by atoms with Gasteiger partial charge < -0.3 is 10.6 Å². The van der Waals surface area contributed by atoms with Crippen LogP contribution in [0.2, 0.25) is 5.02 Å². The molecule has 3 aromatic heterocycles. The molecule has 5 aromatic rings. The van der Waals surface area contributed by atoms with E-state index in [0.29, 0.717) is 49.8 Å². The Morgan fingerprint density at radius 3 is 2.68 bits per heavy atom. The minimum Gasteiger partial charge on any atom is -0.377 e. The molecule has 5 rings (SSSR count). The Morgan fingerprint density at radius 1 is 1.14 bits per heavy atom. The second kappa shape index (κ2) is 10.6. The zero-order chi connectivity index (χ0) is 26.7. The maximum atomic E-state index is 9.93. The summed E-state index contributed by atoms with van der Waals surface area (Å²) >= 11 is 6.73. The average Bonchev–Trinajstić information content (AvgIpc) is 3.48. The predicted molar refractivity (Wildman–Crippen MR) is 145 cm³/mol. The van der Waals surface area contributed by atoms with E-state index in [-0.39, 0.29) is 6.04 Å². The van der Waals surface area contributed by atoms with Gasteiger partial charge in [0, 0.05) is 40.9 Å². The van der Waals surface area contributed by atoms with Crippen molar-refractivity contribution in [2.24, 2.45) is 0 Å². The molecular weight excluding hydrogens is 484 g/mol. The van der Waals surface area contributed by atoms with Crippen molar-refractivity contribution in [3.05, 3.63) is 106 Å². The van der Waals surface area contributed by atoms with Crippen LogP contribution in [-0.4, -0.2) is 25.4 Å². The third-order valence-corrected chi connectivity index (χ3v) is 6.48. The van der Waals surface area contributed by atoms with Crippen molar-refractivity contribution in [3.63, 3.8) is 0 Å². The molecule has 0 aliphatic rings. The van der Waals surface area contributed by atoms with Gasteiger partial charge in [0.1, 0.15) is 11.8 Å². The van der Waals surface area contributed by atoms with E-state index in [2.05, 4.69) is 61.1 Å². The highest BCUT2D eigenvalue weighted by molar-refractivity contribution is 6.35. The highest BCUT2D eigenvalue weighted by Gasteiger charge is 2.22. The van der Waals surface area contributed by atoms with Crippen molar-refractivity contribution in [2.75, 3.05) is 10.6 Å². The Morgan fingerprint density at radius 2 is 1.97 bits per heavy atom. The number of hydrogen-bond donors (Lipinski definition) is 3. The Bertz CT molecular complexity index is 1620. The SMILES string of the molecule is [2H]C(Nc1cc(Cl)c2ncc(C#N)c(N[C@H](CC)c3ccccc3)c2c1)(c1c[nH]nn1)c1cccnc1C. The molecule has 0 bridgehead atoms. The van der Waals surface area contributed by atoms with Gasteiger partial charge in [-0.1, -0.05) is 60.1 Å². The van der Waals surface area contributed by atoms with Crippen molar-refractivity contribution in [2.45, 2.75) is 32.3 Å². The Hall–Kier alpha value is -4.48. The van der Waals surface area contributed by atoms with Crippen LogP contribution >= 0.6 is 11.6 Å². The second-order valence-corrected chi connectivity index (χ2v) is 8.93. The molecule has 8 nitrogen and oxygen atoms in total. The zero-order valence-corrected chi connectivity index (χ0v) is 21.1. The highest BCUT2D eigenvalue weighted by Crippen LogP contribution is 2.37. The molecule has 37 heavy (non-hydrogen) atoms. The summed E-state index contributed by atoms with van der Waals surface area (Å²) in [6.07, 6.45) is 5.58. The molecular formula is C28H25ClN8. The first-order valence-electron chi connectivity index (χ1n) is 12.4. The summed E-state index contributed by atoms with van der Waals surface area (Å²) in [5.41, 5.74) is 4.89. The lowest BCUT2D eigenvalue weighted by Crippen LogP contribution is -2.15. The highest BCUT2D eigenvalue weighted by atomic mass is 35.5. The van der Waals surface area contributed by atoms with Gasteiger partial charge in [-0.3, -0.25) is 15.1 Å². The largest absolute Gasteiger partial charge is 0.377 e. The molecule has 0 radical (unpaired) electrons. The molecule has 184 valence electrons. The maximum absolute atomic E-state index is 9.93. The molecule has 2 aromatic carbocycles. The number of nitriles is 1. The van der Waals surface area contributed by atoms with Crippen LogP contribution in [0.15, 0.2) is 73.2 Å². The molecule has 0 aliphatic heterocycles. The van der Waals surface area contributed by atoms with Crippen molar-refractivity contribution in [3.8, 4) is 6.07 Å². The third-order valence-electron chi connectivity index (χ3n) is 6.19. The van der Waals surface area contributed by atoms with E-state index in [4.69, 9.17) is 11.6 Å². The summed E-state index contributed by atoms with van der Waals surface area (Å²) in [6, 6.07) is 17.9. The van der Waals surface area contributed by atoms with Crippen LogP contribution in [-0.2, 0) is 0 Å². The molecule has 1 unspecified atom stereocenters. The van der Waals surface area contributed by atoms with Crippen LogP contribution < -0.4 is 10.6 Å². The minimum atomic E-state index is -1.52. The van der Waals surface area contributed by atoms with Gasteiger partial charge in [-0.2, -0.15) is 5.26 Å². The molecule has 0 amide bonds. The first-order chi connectivity index (χ1) is 18.4. The van der Waals surface area contributed by atoms with Crippen LogP contribution in [0.25, 0.3) is 10.9 Å². The van der Waals surface area contributed by atoms with Crippen LogP contribution in [0.3, 0.4) is 0 Å². The van der Waals surface area contributed by atoms with E-state index in [1.54, 1.807) is 24.5 Å². The molecule has 2 atom stereocenters. The van der Waals surface area contributed by atoms with Crippen LogP contribution in [0.4, 0.5) is 11.4 Å². The number of aromatic nitrogens is 5. The van der Waals surface area contributed by atoms with Gasteiger partial charge in [0.15, 0.2) is 0 Å². The standard InChI is InChI=1S/C28H25ClN8/c1-3-24(18-8-5-4-6-9-18)35-26-19(14-30)15-32-27-22(26)12-20(13-23(27)29)34-28(25-16-33-37-36-25)21-10-7-11-31-17(21)2/h4-13,15-16,24,28,34H,3H2,1-2H3,(H,32,35)(H,33,36,37)/t24-,28?/m1/s1/i28D. The van der Waals surface area contributed by atoms with Crippen molar-refractivity contribution >= 4 is 33.9 Å². The van der Waals surface area contributed by atoms with Crippen LogP contribution in [0.1, 0.15) is 54.9 Å². The minimum absolute atomic E-state index is 0.0345. The number of benzene rings is 2. The lowest BCUT2D eigenvalue weighted by atomic mass is 10.0. The average molecular weight is 510 g/mol. The summed E-state index contributed by atoms with van der Waals surface area (Å²) in [6.45, 7) is 3.93. The van der Waals surface area contributed by atoms with Gasteiger partial charge in [0.25, 0.3) is 0 Å². The quantitative estimate of drug-likeness (QED) is 0.223. The van der Waals surface area contributed by atoms with Crippen molar-refractivity contribution in [1.29, 1.82) is 5.26 Å². The number of pyridine rings is 2. The molecule has 0 saturated carbocycles. The lowest BCUT2D eigenvalue weighted by molar-refractivity contribution is 0.750. The molecule has 9 heteroatoms. The first kappa shape index (κ1) is 23.0. The van der Waals surface area contributed by atoms with Gasteiger partial charge in [0.2, 0.25) is 0 Å². The van der Waals surface area contributed by atoms with Crippen molar-refractivity contribution < 1.29 is 1.37 Å². The first-order valence-corrected chi connectivity index (χ1v) is 12.2. The predicted octanol–water partition coefficient (Wildman–Crippen LogP) is 6.35. The van der Waals surface area contributed by atoms with E-state index in [1.807, 2.05) is 37.3 Å². The summed E-state index contributed by atoms with van der Waals surface area (Å²) < 4.78 is 9.46. The van der Waals surface area contributed by atoms with Gasteiger partial charge in [0.05, 0.1) is 35.2 Å². The smallest absolute Gasteiger partial charge is 0.109 e. The Kier molecular flexibility index (Phi) is 6.60. The van der Waals surface area contributed by atoms with E-state index >= 15 is 0 Å². The normalized spacial score (nSPS) is 13.8. The van der Waals surface area contributed by atoms with Gasteiger partial charge >= 0.3 is 0 Å². The fraction of sp³-hybridized carbons (Fsp3) is 0.179. The second-order valence-electron chi connectivity index (χ2n) is 8.52. The summed E-state index contributed by atoms with van der Waals surface area (Å²) in [5, 5.41) is 28.5. The number of aromatic amines is 1. The zero-order valence-electron chi connectivity index (χ0n) is 21.3. The van der Waals surface area contributed by atoms with E-state index in [9.17, 15) is 6.63 Å². The Labute approximate surface area is 221 Å².